The van der Waals surface area contributed by atoms with Gasteiger partial charge in [-0.1, -0.05) is 31.5 Å². The molecule has 0 aliphatic rings. The molecule has 0 aliphatic heterocycles. The Kier molecular flexibility index (Phi) is 5.20. The standard InChI is InChI=1S/C17H15ClN2O3/c1-10(2)9-23-16-5-4-11(6-15(16)19-3)14-7-12(17(21)22)13(18)8-20-14/h4-8,10H,9H2,1-2H3,(H,21,22). The zero-order chi connectivity index (χ0) is 17.0. The van der Waals surface area contributed by atoms with Crippen LogP contribution in [0, 0.1) is 12.5 Å². The number of pyridine rings is 1. The van der Waals surface area contributed by atoms with Crippen LogP contribution >= 0.6 is 11.6 Å². The van der Waals surface area contributed by atoms with Gasteiger partial charge in [0.15, 0.2) is 0 Å². The fraction of sp³-hybridized carbons (Fsp3) is 0.235. The Bertz CT molecular complexity index is 782. The highest BCUT2D eigenvalue weighted by molar-refractivity contribution is 6.33. The van der Waals surface area contributed by atoms with Crippen molar-refractivity contribution in [2.75, 3.05) is 6.61 Å². The molecule has 0 saturated carbocycles. The highest BCUT2D eigenvalue weighted by atomic mass is 35.5. The van der Waals surface area contributed by atoms with Crippen molar-refractivity contribution in [3.8, 4) is 17.0 Å². The van der Waals surface area contributed by atoms with Crippen molar-refractivity contribution < 1.29 is 14.6 Å². The number of carboxylic acid groups (broad SMARTS) is 1. The monoisotopic (exact) mass is 330 g/mol. The molecule has 0 fully saturated rings. The van der Waals surface area contributed by atoms with Crippen molar-refractivity contribution in [1.82, 2.24) is 4.98 Å². The van der Waals surface area contributed by atoms with Crippen LogP contribution in [0.4, 0.5) is 5.69 Å². The van der Waals surface area contributed by atoms with E-state index in [1.165, 1.54) is 12.3 Å². The Balaban J connectivity index is 2.40. The van der Waals surface area contributed by atoms with Gasteiger partial charge in [-0.2, -0.15) is 0 Å². The maximum absolute atomic E-state index is 11.2. The van der Waals surface area contributed by atoms with Crippen molar-refractivity contribution in [1.29, 1.82) is 0 Å². The van der Waals surface area contributed by atoms with Crippen LogP contribution in [-0.4, -0.2) is 22.7 Å². The van der Waals surface area contributed by atoms with Gasteiger partial charge < -0.3 is 9.84 Å². The van der Waals surface area contributed by atoms with Crippen LogP contribution in [0.2, 0.25) is 5.02 Å². The van der Waals surface area contributed by atoms with Gasteiger partial charge in [-0.15, -0.1) is 0 Å². The summed E-state index contributed by atoms with van der Waals surface area (Å²) in [4.78, 5) is 18.7. The normalized spacial score (nSPS) is 10.4. The smallest absolute Gasteiger partial charge is 0.337 e. The number of halogens is 1. The average molecular weight is 331 g/mol. The van der Waals surface area contributed by atoms with Gasteiger partial charge in [0.1, 0.15) is 5.75 Å². The summed E-state index contributed by atoms with van der Waals surface area (Å²) in [6, 6.07) is 6.46. The lowest BCUT2D eigenvalue weighted by atomic mass is 10.1. The molecule has 1 heterocycles. The van der Waals surface area contributed by atoms with Gasteiger partial charge in [-0.3, -0.25) is 4.98 Å². The summed E-state index contributed by atoms with van der Waals surface area (Å²) in [6.45, 7) is 11.9. The van der Waals surface area contributed by atoms with Crippen LogP contribution in [0.25, 0.3) is 16.1 Å². The molecule has 0 radical (unpaired) electrons. The lowest BCUT2D eigenvalue weighted by Crippen LogP contribution is -2.04. The minimum Gasteiger partial charge on any atom is -0.504 e. The predicted octanol–water partition coefficient (Wildman–Crippen LogP) is 4.69. The van der Waals surface area contributed by atoms with E-state index in [2.05, 4.69) is 9.83 Å². The average Bonchev–Trinajstić information content (AvgIpc) is 2.52. The summed E-state index contributed by atoms with van der Waals surface area (Å²) in [5.74, 6) is -0.268. The van der Waals surface area contributed by atoms with Crippen molar-refractivity contribution in [3.63, 3.8) is 0 Å². The zero-order valence-electron chi connectivity index (χ0n) is 12.7. The Morgan fingerprint density at radius 1 is 1.43 bits per heavy atom. The number of hydrogen-bond donors (Lipinski definition) is 1. The Hall–Kier alpha value is -2.58. The van der Waals surface area contributed by atoms with Crippen molar-refractivity contribution >= 4 is 23.3 Å². The SMILES string of the molecule is [C-]#[N+]c1cc(-c2cc(C(=O)O)c(Cl)cn2)ccc1OCC(C)C. The maximum atomic E-state index is 11.2. The number of hydrogen-bond acceptors (Lipinski definition) is 3. The molecule has 0 spiro atoms. The summed E-state index contributed by atoms with van der Waals surface area (Å²) in [7, 11) is 0. The topological polar surface area (TPSA) is 63.8 Å². The van der Waals surface area contributed by atoms with E-state index < -0.39 is 5.97 Å². The van der Waals surface area contributed by atoms with E-state index in [9.17, 15) is 4.79 Å². The summed E-state index contributed by atoms with van der Waals surface area (Å²) >= 11 is 5.82. The Morgan fingerprint density at radius 2 is 2.17 bits per heavy atom. The third kappa shape index (κ3) is 3.99. The second kappa shape index (κ2) is 7.12. The van der Waals surface area contributed by atoms with Crippen LogP contribution in [0.1, 0.15) is 24.2 Å². The van der Waals surface area contributed by atoms with E-state index in [1.54, 1.807) is 18.2 Å². The third-order valence-electron chi connectivity index (χ3n) is 3.03. The first-order valence-corrected chi connectivity index (χ1v) is 7.33. The predicted molar refractivity (Wildman–Crippen MR) is 88.2 cm³/mol. The second-order valence-electron chi connectivity index (χ2n) is 5.35. The molecule has 6 heteroatoms. The molecule has 0 bridgehead atoms. The molecule has 0 aliphatic carbocycles. The molecule has 0 unspecified atom stereocenters. The van der Waals surface area contributed by atoms with Crippen LogP contribution in [0.3, 0.4) is 0 Å². The van der Waals surface area contributed by atoms with Gasteiger partial charge in [0.2, 0.25) is 5.69 Å². The Morgan fingerprint density at radius 3 is 2.78 bits per heavy atom. The van der Waals surface area contributed by atoms with Crippen LogP contribution in [0.5, 0.6) is 5.75 Å². The van der Waals surface area contributed by atoms with Gasteiger partial charge >= 0.3 is 5.97 Å². The van der Waals surface area contributed by atoms with E-state index >= 15 is 0 Å². The molecule has 5 nitrogen and oxygen atoms in total. The van der Waals surface area contributed by atoms with Gasteiger partial charge in [0, 0.05) is 6.20 Å². The molecule has 0 atom stereocenters. The van der Waals surface area contributed by atoms with Crippen molar-refractivity contribution in [2.45, 2.75) is 13.8 Å². The van der Waals surface area contributed by atoms with Crippen molar-refractivity contribution in [2.24, 2.45) is 5.92 Å². The second-order valence-corrected chi connectivity index (χ2v) is 5.76. The molecule has 2 aromatic rings. The number of rotatable bonds is 5. The number of carbonyl (C=O) groups is 1. The summed E-state index contributed by atoms with van der Waals surface area (Å²) < 4.78 is 5.61. The fourth-order valence-electron chi connectivity index (χ4n) is 1.90. The Labute approximate surface area is 139 Å². The minimum absolute atomic E-state index is 0.0267. The molecule has 1 aromatic heterocycles. The highest BCUT2D eigenvalue weighted by Crippen LogP contribution is 2.33. The molecule has 2 rings (SSSR count). The molecule has 0 saturated heterocycles. The van der Waals surface area contributed by atoms with Gasteiger partial charge in [0.25, 0.3) is 0 Å². The molecule has 23 heavy (non-hydrogen) atoms. The zero-order valence-corrected chi connectivity index (χ0v) is 13.5. The number of carboxylic acids is 1. The maximum Gasteiger partial charge on any atom is 0.337 e. The van der Waals surface area contributed by atoms with E-state index in [4.69, 9.17) is 28.0 Å². The number of aromatic nitrogens is 1. The number of ether oxygens (including phenoxy) is 1. The van der Waals surface area contributed by atoms with Crippen molar-refractivity contribution in [3.05, 3.63) is 52.5 Å². The van der Waals surface area contributed by atoms with Gasteiger partial charge in [-0.05, 0) is 29.7 Å². The first-order valence-electron chi connectivity index (χ1n) is 6.96. The molecule has 1 aromatic carbocycles. The number of nitrogens with zero attached hydrogens (tertiary/aromatic N) is 2. The summed E-state index contributed by atoms with van der Waals surface area (Å²) in [5, 5.41) is 9.20. The largest absolute Gasteiger partial charge is 0.504 e. The minimum atomic E-state index is -1.12. The molecular formula is C17H15ClN2O3. The van der Waals surface area contributed by atoms with Crippen LogP contribution < -0.4 is 4.74 Å². The van der Waals surface area contributed by atoms with E-state index in [0.29, 0.717) is 35.2 Å². The quantitative estimate of drug-likeness (QED) is 0.808. The van der Waals surface area contributed by atoms with Gasteiger partial charge in [0.05, 0.1) is 29.5 Å². The summed E-state index contributed by atoms with van der Waals surface area (Å²) in [6.07, 6.45) is 1.29. The number of aromatic carboxylic acids is 1. The third-order valence-corrected chi connectivity index (χ3v) is 3.33. The lowest BCUT2D eigenvalue weighted by Gasteiger charge is -2.11. The first kappa shape index (κ1) is 16.8. The first-order chi connectivity index (χ1) is 10.9. The van der Waals surface area contributed by atoms with E-state index in [0.717, 1.165) is 0 Å². The lowest BCUT2D eigenvalue weighted by molar-refractivity contribution is 0.0697. The molecule has 118 valence electrons. The molecular weight excluding hydrogens is 316 g/mol. The summed E-state index contributed by atoms with van der Waals surface area (Å²) in [5.41, 5.74) is 1.40. The highest BCUT2D eigenvalue weighted by Gasteiger charge is 2.13. The van der Waals surface area contributed by atoms with Gasteiger partial charge in [-0.25, -0.2) is 9.64 Å². The van der Waals surface area contributed by atoms with Crippen LogP contribution in [0.15, 0.2) is 30.5 Å². The van der Waals surface area contributed by atoms with Crippen LogP contribution in [-0.2, 0) is 0 Å². The fourth-order valence-corrected chi connectivity index (χ4v) is 2.09. The number of benzene rings is 1. The van der Waals surface area contributed by atoms with E-state index in [-0.39, 0.29) is 10.6 Å². The molecule has 1 N–H and O–H groups in total. The molecule has 0 amide bonds. The van der Waals surface area contributed by atoms with E-state index in [1.807, 2.05) is 13.8 Å².